The largest absolute Gasteiger partial charge is 0.340 e. The molecule has 3 aromatic heterocycles. The van der Waals surface area contributed by atoms with Gasteiger partial charge in [-0.2, -0.15) is 0 Å². The Labute approximate surface area is 346 Å². The molecule has 0 saturated carbocycles. The number of hydrogen-bond donors (Lipinski definition) is 1. The summed E-state index contributed by atoms with van der Waals surface area (Å²) >= 11 is 0. The fraction of sp³-hybridized carbons (Fsp3) is 0.0182. The van der Waals surface area contributed by atoms with Crippen LogP contribution in [0.5, 0.6) is 0 Å². The quantitative estimate of drug-likeness (QED) is 0.183. The van der Waals surface area contributed by atoms with Gasteiger partial charge in [-0.25, -0.2) is 0 Å². The number of fused-ring (bicyclic) bond motifs is 7. The smallest absolute Gasteiger partial charge is 0.133 e. The van der Waals surface area contributed by atoms with Crippen LogP contribution in [-0.2, 0) is 0 Å². The van der Waals surface area contributed by atoms with Gasteiger partial charge >= 0.3 is 0 Å². The molecule has 0 fully saturated rings. The standard InChI is InChI=1S/C55H37N5/c1-2-13-38(14-3-1)55-57-49(37-27-25-36(26-28-37)43-20-12-15-39-35-56-30-29-44(39)43)34-50(58-55)40-31-41(59-51-21-8-4-16-45(51)46-17-5-9-22-52(46)59)33-42(32-40)60-53-23-10-6-18-47(53)48-19-7-11-24-54(48)60/h1-35,50H,(H,57,58). The zero-order valence-electron chi connectivity index (χ0n) is 32.6. The number of hydrogen-bond acceptors (Lipinski definition) is 3. The van der Waals surface area contributed by atoms with Gasteiger partial charge in [-0.1, -0.05) is 146 Å². The van der Waals surface area contributed by atoms with Gasteiger partial charge in [-0.05, 0) is 82.2 Å². The lowest BCUT2D eigenvalue weighted by molar-refractivity contribution is 0.875. The van der Waals surface area contributed by atoms with Gasteiger partial charge in [-0.3, -0.25) is 9.98 Å². The van der Waals surface area contributed by atoms with Crippen molar-refractivity contribution in [3.05, 3.63) is 229 Å². The number of benzene rings is 8. The summed E-state index contributed by atoms with van der Waals surface area (Å²) in [6.07, 6.45) is 6.08. The Bertz CT molecular complexity index is 3270. The van der Waals surface area contributed by atoms with Gasteiger partial charge in [0, 0.05) is 62.0 Å². The number of nitrogens with one attached hydrogen (secondary N) is 1. The third kappa shape index (κ3) is 5.55. The van der Waals surface area contributed by atoms with Crippen LogP contribution >= 0.6 is 0 Å². The van der Waals surface area contributed by atoms with Gasteiger partial charge in [0.2, 0.25) is 0 Å². The van der Waals surface area contributed by atoms with Gasteiger partial charge in [0.1, 0.15) is 5.84 Å². The normalized spacial score (nSPS) is 14.2. The first-order valence-corrected chi connectivity index (χ1v) is 20.4. The van der Waals surface area contributed by atoms with E-state index in [1.165, 1.54) is 54.6 Å². The topological polar surface area (TPSA) is 47.1 Å². The Morgan fingerprint density at radius 2 is 0.967 bits per heavy atom. The highest BCUT2D eigenvalue weighted by molar-refractivity contribution is 6.11. The minimum Gasteiger partial charge on any atom is -0.340 e. The molecule has 12 rings (SSSR count). The molecule has 0 aliphatic carbocycles. The van der Waals surface area contributed by atoms with Crippen molar-refractivity contribution >= 4 is 65.9 Å². The summed E-state index contributed by atoms with van der Waals surface area (Å²) in [7, 11) is 0. The Kier molecular flexibility index (Phi) is 7.85. The van der Waals surface area contributed by atoms with Gasteiger partial charge in [0.25, 0.3) is 0 Å². The highest BCUT2D eigenvalue weighted by Gasteiger charge is 2.23. The van der Waals surface area contributed by atoms with Crippen LogP contribution in [0.4, 0.5) is 0 Å². The molecule has 8 aromatic carbocycles. The van der Waals surface area contributed by atoms with E-state index in [4.69, 9.17) is 4.99 Å². The zero-order valence-corrected chi connectivity index (χ0v) is 32.6. The molecule has 5 heteroatoms. The van der Waals surface area contributed by atoms with Crippen molar-refractivity contribution in [1.82, 2.24) is 19.4 Å². The second-order valence-electron chi connectivity index (χ2n) is 15.5. The van der Waals surface area contributed by atoms with Crippen molar-refractivity contribution in [3.63, 3.8) is 0 Å². The molecule has 0 radical (unpaired) electrons. The fourth-order valence-electron chi connectivity index (χ4n) is 9.27. The Balaban J connectivity index is 1.08. The highest BCUT2D eigenvalue weighted by Crippen LogP contribution is 2.39. The summed E-state index contributed by atoms with van der Waals surface area (Å²) < 4.78 is 4.84. The maximum absolute atomic E-state index is 5.50. The van der Waals surface area contributed by atoms with E-state index in [2.05, 4.69) is 220 Å². The molecule has 1 N–H and O–H groups in total. The van der Waals surface area contributed by atoms with E-state index in [-0.39, 0.29) is 6.04 Å². The summed E-state index contributed by atoms with van der Waals surface area (Å²) in [4.78, 5) is 9.85. The minimum atomic E-state index is -0.290. The maximum Gasteiger partial charge on any atom is 0.133 e. The predicted octanol–water partition coefficient (Wildman–Crippen LogP) is 13.2. The fourth-order valence-corrected chi connectivity index (χ4v) is 9.27. The van der Waals surface area contributed by atoms with Gasteiger partial charge in [0.05, 0.1) is 28.1 Å². The molecule has 1 unspecified atom stereocenters. The molecule has 0 bridgehead atoms. The molecule has 1 aliphatic heterocycles. The molecular formula is C55H37N5. The summed E-state index contributed by atoms with van der Waals surface area (Å²) in [6, 6.07) is 69.5. The Morgan fingerprint density at radius 1 is 0.433 bits per heavy atom. The summed E-state index contributed by atoms with van der Waals surface area (Å²) in [6.45, 7) is 0. The van der Waals surface area contributed by atoms with Crippen LogP contribution in [-0.4, -0.2) is 20.0 Å². The lowest BCUT2D eigenvalue weighted by Crippen LogP contribution is -2.27. The Morgan fingerprint density at radius 3 is 1.55 bits per heavy atom. The average molecular weight is 768 g/mol. The van der Waals surface area contributed by atoms with Crippen molar-refractivity contribution in [2.24, 2.45) is 4.99 Å². The van der Waals surface area contributed by atoms with E-state index in [0.717, 1.165) is 50.5 Å². The lowest BCUT2D eigenvalue weighted by atomic mass is 9.96. The molecule has 60 heavy (non-hydrogen) atoms. The molecule has 282 valence electrons. The van der Waals surface area contributed by atoms with Crippen LogP contribution in [0.15, 0.2) is 218 Å². The van der Waals surface area contributed by atoms with Crippen LogP contribution in [0.3, 0.4) is 0 Å². The molecule has 0 saturated heterocycles. The van der Waals surface area contributed by atoms with E-state index < -0.39 is 0 Å². The number of aromatic nitrogens is 3. The van der Waals surface area contributed by atoms with Crippen molar-refractivity contribution < 1.29 is 0 Å². The van der Waals surface area contributed by atoms with Crippen molar-refractivity contribution in [1.29, 1.82) is 0 Å². The van der Waals surface area contributed by atoms with E-state index in [0.29, 0.717) is 0 Å². The van der Waals surface area contributed by atoms with Gasteiger partial charge < -0.3 is 14.5 Å². The first-order chi connectivity index (χ1) is 29.7. The second kappa shape index (κ2) is 13.8. The van der Waals surface area contributed by atoms with Crippen molar-refractivity contribution in [2.45, 2.75) is 6.04 Å². The number of aliphatic imine (C=N–C) groups is 1. The molecule has 5 nitrogen and oxygen atoms in total. The minimum absolute atomic E-state index is 0.290. The summed E-state index contributed by atoms with van der Waals surface area (Å²) in [5, 5.41) is 11.0. The van der Waals surface area contributed by atoms with Crippen LogP contribution in [0.2, 0.25) is 0 Å². The van der Waals surface area contributed by atoms with Crippen LogP contribution in [0, 0.1) is 0 Å². The van der Waals surface area contributed by atoms with E-state index in [1.54, 1.807) is 0 Å². The first-order valence-electron chi connectivity index (χ1n) is 20.4. The third-order valence-corrected chi connectivity index (χ3v) is 12.0. The summed E-state index contributed by atoms with van der Waals surface area (Å²) in [5.41, 5.74) is 13.4. The van der Waals surface area contributed by atoms with E-state index in [9.17, 15) is 0 Å². The predicted molar refractivity (Wildman–Crippen MR) is 249 cm³/mol. The molecular weight excluding hydrogens is 731 g/mol. The Hall–Kier alpha value is -8.02. The lowest BCUT2D eigenvalue weighted by Gasteiger charge is -2.25. The van der Waals surface area contributed by atoms with E-state index in [1.807, 2.05) is 12.4 Å². The van der Waals surface area contributed by atoms with Gasteiger partial charge in [0.15, 0.2) is 0 Å². The molecule has 4 heterocycles. The van der Waals surface area contributed by atoms with Crippen LogP contribution in [0.25, 0.3) is 82.6 Å². The average Bonchev–Trinajstić information content (AvgIpc) is 3.85. The monoisotopic (exact) mass is 767 g/mol. The first kappa shape index (κ1) is 34.1. The second-order valence-corrected chi connectivity index (χ2v) is 15.5. The number of para-hydroxylation sites is 4. The molecule has 0 spiro atoms. The van der Waals surface area contributed by atoms with Crippen molar-refractivity contribution in [2.75, 3.05) is 0 Å². The number of pyridine rings is 1. The summed E-state index contributed by atoms with van der Waals surface area (Å²) in [5.74, 6) is 0.837. The third-order valence-electron chi connectivity index (χ3n) is 12.0. The number of amidine groups is 1. The molecule has 0 amide bonds. The molecule has 1 atom stereocenters. The van der Waals surface area contributed by atoms with Crippen LogP contribution < -0.4 is 5.32 Å². The zero-order chi connectivity index (χ0) is 39.6. The van der Waals surface area contributed by atoms with Gasteiger partial charge in [-0.15, -0.1) is 0 Å². The maximum atomic E-state index is 5.50. The number of nitrogens with zero attached hydrogens (tertiary/aromatic N) is 4. The van der Waals surface area contributed by atoms with Crippen LogP contribution in [0.1, 0.15) is 22.7 Å². The molecule has 11 aromatic rings. The molecule has 1 aliphatic rings. The van der Waals surface area contributed by atoms with E-state index >= 15 is 0 Å². The SMILES string of the molecule is C1=C(c2ccc(-c3cccc4cnccc34)cc2)NC(c2ccccc2)=NC1c1cc(-n2c3ccccc3c3ccccc32)cc(-n2c3ccccc3c3ccccc32)c1. The number of rotatable bonds is 6. The van der Waals surface area contributed by atoms with Crippen molar-refractivity contribution in [3.8, 4) is 22.5 Å². The highest BCUT2D eigenvalue weighted by atomic mass is 15.1.